The first kappa shape index (κ1) is 13.6. The summed E-state index contributed by atoms with van der Waals surface area (Å²) in [6, 6.07) is 3.26. The summed E-state index contributed by atoms with van der Waals surface area (Å²) in [7, 11) is 0. The van der Waals surface area contributed by atoms with E-state index >= 15 is 0 Å². The average molecular weight is 265 g/mol. The van der Waals surface area contributed by atoms with Gasteiger partial charge >= 0.3 is 0 Å². The van der Waals surface area contributed by atoms with Crippen molar-refractivity contribution in [3.8, 4) is 0 Å². The van der Waals surface area contributed by atoms with Crippen LogP contribution in [-0.4, -0.2) is 35.8 Å². The van der Waals surface area contributed by atoms with E-state index < -0.39 is 0 Å². The fourth-order valence-corrected chi connectivity index (χ4v) is 2.34. The van der Waals surface area contributed by atoms with Gasteiger partial charge in [0, 0.05) is 0 Å². The summed E-state index contributed by atoms with van der Waals surface area (Å²) in [6.45, 7) is 1.30. The molecule has 0 aliphatic carbocycles. The molecule has 0 spiro atoms. The quantitative estimate of drug-likeness (QED) is 0.798. The first-order valence-corrected chi connectivity index (χ1v) is 6.49. The molecule has 3 N–H and O–H groups in total. The Hall–Kier alpha value is -1.82. The first-order valence-electron chi connectivity index (χ1n) is 6.49. The molecule has 0 aromatic carbocycles. The number of amides is 2. The number of hydrogen-bond acceptors (Lipinski definition) is 4. The van der Waals surface area contributed by atoms with Crippen molar-refractivity contribution < 1.29 is 14.0 Å². The van der Waals surface area contributed by atoms with Gasteiger partial charge in [0.1, 0.15) is 5.76 Å². The maximum Gasteiger partial charge on any atom is 0.234 e. The fraction of sp³-hybridized carbons (Fsp3) is 0.538. The van der Waals surface area contributed by atoms with Crippen molar-refractivity contribution in [3.63, 3.8) is 0 Å². The van der Waals surface area contributed by atoms with Gasteiger partial charge in [-0.05, 0) is 31.5 Å². The zero-order chi connectivity index (χ0) is 13.7. The van der Waals surface area contributed by atoms with Crippen LogP contribution in [0.25, 0.3) is 0 Å². The summed E-state index contributed by atoms with van der Waals surface area (Å²) >= 11 is 0. The molecule has 19 heavy (non-hydrogen) atoms. The molecule has 1 atom stereocenters. The minimum Gasteiger partial charge on any atom is -0.467 e. The van der Waals surface area contributed by atoms with Gasteiger partial charge in [-0.1, -0.05) is 6.42 Å². The maximum absolute atomic E-state index is 11.8. The third-order valence-electron chi connectivity index (χ3n) is 3.33. The van der Waals surface area contributed by atoms with Crippen molar-refractivity contribution in [2.75, 3.05) is 13.1 Å². The Balaban J connectivity index is 1.81. The van der Waals surface area contributed by atoms with Crippen LogP contribution in [0.5, 0.6) is 0 Å². The van der Waals surface area contributed by atoms with E-state index in [4.69, 9.17) is 10.2 Å². The molecule has 6 nitrogen and oxygen atoms in total. The van der Waals surface area contributed by atoms with Gasteiger partial charge < -0.3 is 15.5 Å². The minimum absolute atomic E-state index is 0.121. The standard InChI is InChI=1S/C13H19N3O3/c14-13(18)11-5-1-2-6-16(11)9-12(17)15-8-10-4-3-7-19-10/h3-4,7,11H,1-2,5-6,8-9H2,(H2,14,18)(H,15,17)/t11-/m1/s1. The Morgan fingerprint density at radius 1 is 1.47 bits per heavy atom. The molecule has 2 amide bonds. The second-order valence-electron chi connectivity index (χ2n) is 4.74. The summed E-state index contributed by atoms with van der Waals surface area (Å²) in [4.78, 5) is 25.0. The molecule has 0 radical (unpaired) electrons. The van der Waals surface area contributed by atoms with E-state index in [1.165, 1.54) is 0 Å². The highest BCUT2D eigenvalue weighted by Crippen LogP contribution is 2.16. The van der Waals surface area contributed by atoms with Gasteiger partial charge in [-0.25, -0.2) is 0 Å². The zero-order valence-electron chi connectivity index (χ0n) is 10.8. The van der Waals surface area contributed by atoms with Crippen LogP contribution in [0.15, 0.2) is 22.8 Å². The molecule has 0 unspecified atom stereocenters. The van der Waals surface area contributed by atoms with Crippen LogP contribution in [-0.2, 0) is 16.1 Å². The molecular formula is C13H19N3O3. The smallest absolute Gasteiger partial charge is 0.234 e. The largest absolute Gasteiger partial charge is 0.467 e. The highest BCUT2D eigenvalue weighted by atomic mass is 16.3. The van der Waals surface area contributed by atoms with Crippen LogP contribution in [0.4, 0.5) is 0 Å². The topological polar surface area (TPSA) is 88.6 Å². The van der Waals surface area contributed by atoms with Crippen LogP contribution >= 0.6 is 0 Å². The van der Waals surface area contributed by atoms with E-state index in [9.17, 15) is 9.59 Å². The number of nitrogens with two attached hydrogens (primary N) is 1. The molecule has 1 aromatic rings. The molecule has 1 fully saturated rings. The highest BCUT2D eigenvalue weighted by Gasteiger charge is 2.28. The number of hydrogen-bond donors (Lipinski definition) is 2. The number of likely N-dealkylation sites (tertiary alicyclic amines) is 1. The summed E-state index contributed by atoms with van der Waals surface area (Å²) in [5.41, 5.74) is 5.36. The minimum atomic E-state index is -0.349. The van der Waals surface area contributed by atoms with Crippen LogP contribution in [0, 0.1) is 0 Å². The zero-order valence-corrected chi connectivity index (χ0v) is 10.8. The molecular weight excluding hydrogens is 246 g/mol. The number of primary amides is 1. The summed E-state index contributed by atoms with van der Waals surface area (Å²) in [5, 5.41) is 2.77. The number of furan rings is 1. The Bertz CT molecular complexity index is 430. The Morgan fingerprint density at radius 2 is 2.32 bits per heavy atom. The summed E-state index contributed by atoms with van der Waals surface area (Å²) in [5.74, 6) is 0.238. The molecule has 0 bridgehead atoms. The van der Waals surface area contributed by atoms with Gasteiger partial charge in [0.25, 0.3) is 0 Å². The first-order chi connectivity index (χ1) is 9.16. The molecule has 1 aliphatic heterocycles. The van der Waals surface area contributed by atoms with Gasteiger partial charge in [-0.2, -0.15) is 0 Å². The second-order valence-corrected chi connectivity index (χ2v) is 4.74. The Labute approximate surface area is 111 Å². The molecule has 1 saturated heterocycles. The molecule has 104 valence electrons. The van der Waals surface area contributed by atoms with Gasteiger partial charge in [-0.3, -0.25) is 14.5 Å². The fourth-order valence-electron chi connectivity index (χ4n) is 2.34. The van der Waals surface area contributed by atoms with Gasteiger partial charge in [-0.15, -0.1) is 0 Å². The van der Waals surface area contributed by atoms with Crippen molar-refractivity contribution in [2.45, 2.75) is 31.8 Å². The van der Waals surface area contributed by atoms with Crippen molar-refractivity contribution in [3.05, 3.63) is 24.2 Å². The van der Waals surface area contributed by atoms with Crippen molar-refractivity contribution in [1.29, 1.82) is 0 Å². The molecule has 0 saturated carbocycles. The Kier molecular flexibility index (Phi) is 4.57. The van der Waals surface area contributed by atoms with Crippen molar-refractivity contribution in [2.24, 2.45) is 5.73 Å². The van der Waals surface area contributed by atoms with Crippen LogP contribution in [0.1, 0.15) is 25.0 Å². The molecule has 2 heterocycles. The number of carbonyl (C=O) groups excluding carboxylic acids is 2. The van der Waals surface area contributed by atoms with Crippen molar-refractivity contribution in [1.82, 2.24) is 10.2 Å². The molecule has 6 heteroatoms. The van der Waals surface area contributed by atoms with Crippen LogP contribution in [0.2, 0.25) is 0 Å². The average Bonchev–Trinajstić information content (AvgIpc) is 2.90. The normalized spacial score (nSPS) is 20.1. The predicted molar refractivity (Wildman–Crippen MR) is 69.0 cm³/mol. The number of carbonyl (C=O) groups is 2. The van der Waals surface area contributed by atoms with E-state index in [1.807, 2.05) is 4.90 Å². The predicted octanol–water partition coefficient (Wildman–Crippen LogP) is 0.236. The molecule has 1 aromatic heterocycles. The number of nitrogens with zero attached hydrogens (tertiary/aromatic N) is 1. The number of piperidine rings is 1. The lowest BCUT2D eigenvalue weighted by Crippen LogP contribution is -2.51. The summed E-state index contributed by atoms with van der Waals surface area (Å²) in [6.07, 6.45) is 4.28. The van der Waals surface area contributed by atoms with Crippen LogP contribution < -0.4 is 11.1 Å². The SMILES string of the molecule is NC(=O)[C@H]1CCCCN1CC(=O)NCc1ccco1. The monoisotopic (exact) mass is 265 g/mol. The van der Waals surface area contributed by atoms with E-state index in [2.05, 4.69) is 5.32 Å². The van der Waals surface area contributed by atoms with E-state index in [-0.39, 0.29) is 24.4 Å². The van der Waals surface area contributed by atoms with Crippen LogP contribution in [0.3, 0.4) is 0 Å². The molecule has 1 aliphatic rings. The van der Waals surface area contributed by atoms with E-state index in [0.717, 1.165) is 25.8 Å². The van der Waals surface area contributed by atoms with Gasteiger partial charge in [0.05, 0.1) is 25.4 Å². The number of nitrogens with one attached hydrogen (secondary N) is 1. The molecule has 2 rings (SSSR count). The lowest BCUT2D eigenvalue weighted by atomic mass is 10.0. The van der Waals surface area contributed by atoms with Gasteiger partial charge in [0.2, 0.25) is 11.8 Å². The lowest BCUT2D eigenvalue weighted by Gasteiger charge is -2.32. The van der Waals surface area contributed by atoms with E-state index in [0.29, 0.717) is 12.3 Å². The van der Waals surface area contributed by atoms with E-state index in [1.54, 1.807) is 18.4 Å². The highest BCUT2D eigenvalue weighted by molar-refractivity contribution is 5.82. The number of rotatable bonds is 5. The third kappa shape index (κ3) is 3.82. The Morgan fingerprint density at radius 3 is 3.00 bits per heavy atom. The lowest BCUT2D eigenvalue weighted by molar-refractivity contribution is -0.128. The van der Waals surface area contributed by atoms with Crippen molar-refractivity contribution >= 4 is 11.8 Å². The third-order valence-corrected chi connectivity index (χ3v) is 3.33. The maximum atomic E-state index is 11.8. The van der Waals surface area contributed by atoms with Gasteiger partial charge in [0.15, 0.2) is 0 Å². The second kappa shape index (κ2) is 6.38. The summed E-state index contributed by atoms with van der Waals surface area (Å²) < 4.78 is 5.13.